The second-order valence-electron chi connectivity index (χ2n) is 3.84. The Kier molecular flexibility index (Phi) is 3.95. The van der Waals surface area contributed by atoms with Crippen LogP contribution < -0.4 is 10.1 Å². The Labute approximate surface area is 107 Å². The minimum Gasteiger partial charge on any atom is -0.457 e. The highest BCUT2D eigenvalue weighted by Crippen LogP contribution is 2.24. The minimum atomic E-state index is -0.315. The third-order valence-corrected chi connectivity index (χ3v) is 2.59. The maximum Gasteiger partial charge on any atom is 0.127 e. The molecule has 3 heteroatoms. The van der Waals surface area contributed by atoms with Gasteiger partial charge in [-0.3, -0.25) is 0 Å². The van der Waals surface area contributed by atoms with Crippen molar-refractivity contribution < 1.29 is 4.74 Å². The highest BCUT2D eigenvalue weighted by Gasteiger charge is 2.08. The van der Waals surface area contributed by atoms with Crippen LogP contribution in [0.3, 0.4) is 0 Å². The van der Waals surface area contributed by atoms with E-state index in [1.54, 1.807) is 7.05 Å². The molecule has 2 rings (SSSR count). The van der Waals surface area contributed by atoms with Gasteiger partial charge in [-0.1, -0.05) is 30.3 Å². The Morgan fingerprint density at radius 3 is 2.44 bits per heavy atom. The van der Waals surface area contributed by atoms with Gasteiger partial charge in [-0.05, 0) is 36.9 Å². The maximum atomic E-state index is 9.01. The van der Waals surface area contributed by atoms with Crippen molar-refractivity contribution in [3.05, 3.63) is 60.2 Å². The first-order valence-corrected chi connectivity index (χ1v) is 5.73. The van der Waals surface area contributed by atoms with Gasteiger partial charge >= 0.3 is 0 Å². The second kappa shape index (κ2) is 5.85. The Morgan fingerprint density at radius 1 is 1.06 bits per heavy atom. The fourth-order valence-electron chi connectivity index (χ4n) is 1.69. The normalized spacial score (nSPS) is 11.6. The summed E-state index contributed by atoms with van der Waals surface area (Å²) in [6.07, 6.45) is 0. The molecule has 2 aromatic rings. The van der Waals surface area contributed by atoms with Crippen LogP contribution in [0.1, 0.15) is 11.6 Å². The number of benzene rings is 2. The Morgan fingerprint density at radius 2 is 1.78 bits per heavy atom. The number of rotatable bonds is 4. The molecule has 2 aromatic carbocycles. The van der Waals surface area contributed by atoms with Crippen LogP contribution in [0.25, 0.3) is 0 Å². The maximum absolute atomic E-state index is 9.01. The fourth-order valence-corrected chi connectivity index (χ4v) is 1.69. The van der Waals surface area contributed by atoms with Crippen molar-refractivity contribution in [2.45, 2.75) is 6.04 Å². The van der Waals surface area contributed by atoms with Crippen LogP contribution in [0.2, 0.25) is 0 Å². The predicted octanol–water partition coefficient (Wildman–Crippen LogP) is 3.26. The summed E-state index contributed by atoms with van der Waals surface area (Å²) in [6.45, 7) is 0. The molecule has 0 bridgehead atoms. The highest BCUT2D eigenvalue weighted by molar-refractivity contribution is 5.36. The van der Waals surface area contributed by atoms with Crippen LogP contribution in [-0.2, 0) is 0 Å². The lowest BCUT2D eigenvalue weighted by atomic mass is 10.1. The van der Waals surface area contributed by atoms with Gasteiger partial charge < -0.3 is 10.1 Å². The van der Waals surface area contributed by atoms with Crippen LogP contribution in [0.4, 0.5) is 0 Å². The standard InChI is InChI=1S/C15H14N2O/c1-17-15(11-16)12-6-5-9-14(10-12)18-13-7-3-2-4-8-13/h2-10,15,17H,1H3. The van der Waals surface area contributed by atoms with E-state index in [1.165, 1.54) is 0 Å². The van der Waals surface area contributed by atoms with Crippen molar-refractivity contribution in [1.29, 1.82) is 5.26 Å². The number of hydrogen-bond donors (Lipinski definition) is 1. The molecule has 0 spiro atoms. The van der Waals surface area contributed by atoms with E-state index in [1.807, 2.05) is 54.6 Å². The molecule has 0 saturated heterocycles. The van der Waals surface area contributed by atoms with Crippen LogP contribution in [-0.4, -0.2) is 7.05 Å². The molecule has 0 heterocycles. The van der Waals surface area contributed by atoms with Crippen molar-refractivity contribution in [2.24, 2.45) is 0 Å². The molecule has 0 aliphatic heterocycles. The summed E-state index contributed by atoms with van der Waals surface area (Å²) in [6, 6.07) is 19.0. The van der Waals surface area contributed by atoms with Gasteiger partial charge in [0.2, 0.25) is 0 Å². The third-order valence-electron chi connectivity index (χ3n) is 2.59. The number of hydrogen-bond acceptors (Lipinski definition) is 3. The van der Waals surface area contributed by atoms with E-state index < -0.39 is 0 Å². The topological polar surface area (TPSA) is 45.0 Å². The Balaban J connectivity index is 2.20. The van der Waals surface area contributed by atoms with Crippen molar-refractivity contribution in [1.82, 2.24) is 5.32 Å². The molecule has 90 valence electrons. The van der Waals surface area contributed by atoms with Crippen LogP contribution in [0, 0.1) is 11.3 Å². The summed E-state index contributed by atoms with van der Waals surface area (Å²) >= 11 is 0. The predicted molar refractivity (Wildman–Crippen MR) is 70.4 cm³/mol. The molecule has 3 nitrogen and oxygen atoms in total. The van der Waals surface area contributed by atoms with Crippen molar-refractivity contribution >= 4 is 0 Å². The summed E-state index contributed by atoms with van der Waals surface area (Å²) < 4.78 is 5.72. The van der Waals surface area contributed by atoms with Gasteiger partial charge in [0.15, 0.2) is 0 Å². The van der Waals surface area contributed by atoms with E-state index in [0.29, 0.717) is 0 Å². The largest absolute Gasteiger partial charge is 0.457 e. The van der Waals surface area contributed by atoms with Gasteiger partial charge in [-0.15, -0.1) is 0 Å². The summed E-state index contributed by atoms with van der Waals surface area (Å²) in [4.78, 5) is 0. The number of ether oxygens (including phenoxy) is 1. The van der Waals surface area contributed by atoms with E-state index in [2.05, 4.69) is 11.4 Å². The molecular formula is C15H14N2O. The molecule has 0 aliphatic rings. The SMILES string of the molecule is CNC(C#N)c1cccc(Oc2ccccc2)c1. The van der Waals surface area contributed by atoms with Gasteiger partial charge in [0.05, 0.1) is 6.07 Å². The summed E-state index contributed by atoms with van der Waals surface area (Å²) in [5.74, 6) is 1.52. The molecule has 0 aromatic heterocycles. The minimum absolute atomic E-state index is 0.315. The average Bonchev–Trinajstić information content (AvgIpc) is 2.42. The van der Waals surface area contributed by atoms with Crippen LogP contribution in [0.15, 0.2) is 54.6 Å². The zero-order valence-corrected chi connectivity index (χ0v) is 10.1. The fraction of sp³-hybridized carbons (Fsp3) is 0.133. The van der Waals surface area contributed by atoms with E-state index in [4.69, 9.17) is 10.00 Å². The first kappa shape index (κ1) is 12.2. The zero-order chi connectivity index (χ0) is 12.8. The van der Waals surface area contributed by atoms with Crippen molar-refractivity contribution in [3.8, 4) is 17.6 Å². The van der Waals surface area contributed by atoms with Crippen LogP contribution in [0.5, 0.6) is 11.5 Å². The van der Waals surface area contributed by atoms with Crippen molar-refractivity contribution in [2.75, 3.05) is 7.05 Å². The monoisotopic (exact) mass is 238 g/mol. The molecule has 1 N–H and O–H groups in total. The van der Waals surface area contributed by atoms with Gasteiger partial charge in [-0.2, -0.15) is 5.26 Å². The van der Waals surface area contributed by atoms with E-state index in [9.17, 15) is 0 Å². The second-order valence-corrected chi connectivity index (χ2v) is 3.84. The average molecular weight is 238 g/mol. The zero-order valence-electron chi connectivity index (χ0n) is 10.1. The molecular weight excluding hydrogens is 224 g/mol. The quantitative estimate of drug-likeness (QED) is 0.889. The van der Waals surface area contributed by atoms with Gasteiger partial charge in [0.25, 0.3) is 0 Å². The highest BCUT2D eigenvalue weighted by atomic mass is 16.5. The number of para-hydroxylation sites is 1. The lowest BCUT2D eigenvalue weighted by Crippen LogP contribution is -2.13. The smallest absolute Gasteiger partial charge is 0.127 e. The summed E-state index contributed by atoms with van der Waals surface area (Å²) in [5, 5.41) is 11.9. The number of nitriles is 1. The van der Waals surface area contributed by atoms with E-state index in [0.717, 1.165) is 17.1 Å². The summed E-state index contributed by atoms with van der Waals surface area (Å²) in [5.41, 5.74) is 0.897. The van der Waals surface area contributed by atoms with E-state index >= 15 is 0 Å². The lowest BCUT2D eigenvalue weighted by molar-refractivity contribution is 0.481. The molecule has 0 amide bonds. The molecule has 0 aliphatic carbocycles. The molecule has 0 radical (unpaired) electrons. The van der Waals surface area contributed by atoms with Crippen LogP contribution >= 0.6 is 0 Å². The van der Waals surface area contributed by atoms with Crippen molar-refractivity contribution in [3.63, 3.8) is 0 Å². The first-order valence-electron chi connectivity index (χ1n) is 5.73. The van der Waals surface area contributed by atoms with Gasteiger partial charge in [-0.25, -0.2) is 0 Å². The molecule has 1 atom stereocenters. The first-order chi connectivity index (χ1) is 8.83. The third kappa shape index (κ3) is 2.88. The number of nitrogens with one attached hydrogen (secondary N) is 1. The Bertz CT molecular complexity index is 546. The number of nitrogens with zero attached hydrogens (tertiary/aromatic N) is 1. The molecule has 1 unspecified atom stereocenters. The molecule has 0 saturated carbocycles. The molecule has 18 heavy (non-hydrogen) atoms. The van der Waals surface area contributed by atoms with Gasteiger partial charge in [0.1, 0.15) is 17.5 Å². The van der Waals surface area contributed by atoms with E-state index in [-0.39, 0.29) is 6.04 Å². The van der Waals surface area contributed by atoms with Gasteiger partial charge in [0, 0.05) is 0 Å². The lowest BCUT2D eigenvalue weighted by Gasteiger charge is -2.10. The Hall–Kier alpha value is -2.31. The molecule has 0 fully saturated rings. The summed E-state index contributed by atoms with van der Waals surface area (Å²) in [7, 11) is 1.76.